The number of hydrogen-bond donors (Lipinski definition) is 3. The van der Waals surface area contributed by atoms with Crippen LogP contribution in [0.5, 0.6) is 0 Å². The van der Waals surface area contributed by atoms with Crippen LogP contribution in [0.25, 0.3) is 0 Å². The Labute approximate surface area is 133 Å². The second-order valence-corrected chi connectivity index (χ2v) is 5.89. The molecule has 22 heavy (non-hydrogen) atoms. The standard InChI is InChI=1S/C16H19N3O2S/c1-12-4-2-5-13(10-12)18-11-15(20)19-16(21)17-8-7-14-6-3-9-22-14/h2-6,9-10,18H,7-8,11H2,1H3,(H2,17,19,20,21). The van der Waals surface area contributed by atoms with Crippen molar-refractivity contribution in [1.29, 1.82) is 0 Å². The molecule has 0 spiro atoms. The normalized spacial score (nSPS) is 10.0. The van der Waals surface area contributed by atoms with Gasteiger partial charge in [-0.05, 0) is 42.5 Å². The van der Waals surface area contributed by atoms with Crippen LogP contribution in [0.4, 0.5) is 10.5 Å². The van der Waals surface area contributed by atoms with E-state index in [1.165, 1.54) is 4.88 Å². The third-order valence-electron chi connectivity index (χ3n) is 2.96. The van der Waals surface area contributed by atoms with Crippen LogP contribution in [0.1, 0.15) is 10.4 Å². The first-order chi connectivity index (χ1) is 10.6. The average Bonchev–Trinajstić information content (AvgIpc) is 2.98. The number of carbonyl (C=O) groups excluding carboxylic acids is 2. The number of urea groups is 1. The molecule has 0 saturated carbocycles. The van der Waals surface area contributed by atoms with Gasteiger partial charge in [0, 0.05) is 17.1 Å². The molecule has 0 unspecified atom stereocenters. The van der Waals surface area contributed by atoms with Crippen LogP contribution in [0.3, 0.4) is 0 Å². The van der Waals surface area contributed by atoms with E-state index in [9.17, 15) is 9.59 Å². The molecular formula is C16H19N3O2S. The van der Waals surface area contributed by atoms with Crippen LogP contribution >= 0.6 is 11.3 Å². The minimum absolute atomic E-state index is 0.0573. The summed E-state index contributed by atoms with van der Waals surface area (Å²) in [5, 5.41) is 9.94. The molecule has 0 fully saturated rings. The third kappa shape index (κ3) is 5.57. The van der Waals surface area contributed by atoms with Crippen molar-refractivity contribution >= 4 is 29.0 Å². The van der Waals surface area contributed by atoms with E-state index in [0.29, 0.717) is 6.54 Å². The summed E-state index contributed by atoms with van der Waals surface area (Å²) < 4.78 is 0. The van der Waals surface area contributed by atoms with Gasteiger partial charge in [-0.1, -0.05) is 18.2 Å². The molecule has 2 aromatic rings. The van der Waals surface area contributed by atoms with Crippen molar-refractivity contribution in [1.82, 2.24) is 10.6 Å². The molecule has 0 saturated heterocycles. The van der Waals surface area contributed by atoms with Crippen molar-refractivity contribution in [3.63, 3.8) is 0 Å². The summed E-state index contributed by atoms with van der Waals surface area (Å²) in [4.78, 5) is 24.5. The predicted molar refractivity (Wildman–Crippen MR) is 89.2 cm³/mol. The van der Waals surface area contributed by atoms with Crippen molar-refractivity contribution in [3.8, 4) is 0 Å². The summed E-state index contributed by atoms with van der Waals surface area (Å²) in [6.07, 6.45) is 0.765. The molecule has 116 valence electrons. The number of amides is 3. The molecule has 6 heteroatoms. The maximum absolute atomic E-state index is 11.7. The molecule has 0 radical (unpaired) electrons. The maximum Gasteiger partial charge on any atom is 0.321 e. The van der Waals surface area contributed by atoms with E-state index >= 15 is 0 Å². The largest absolute Gasteiger partial charge is 0.376 e. The number of nitrogens with one attached hydrogen (secondary N) is 3. The Balaban J connectivity index is 1.64. The maximum atomic E-state index is 11.7. The summed E-state index contributed by atoms with van der Waals surface area (Å²) >= 11 is 1.65. The lowest BCUT2D eigenvalue weighted by Gasteiger charge is -2.08. The molecule has 0 aliphatic heterocycles. The zero-order valence-corrected chi connectivity index (χ0v) is 13.2. The minimum Gasteiger partial charge on any atom is -0.376 e. The molecule has 0 atom stereocenters. The van der Waals surface area contributed by atoms with Crippen molar-refractivity contribution < 1.29 is 9.59 Å². The Kier molecular flexibility index (Phi) is 5.97. The minimum atomic E-state index is -0.465. The summed E-state index contributed by atoms with van der Waals surface area (Å²) in [6.45, 7) is 2.54. The number of hydrogen-bond acceptors (Lipinski definition) is 4. The van der Waals surface area contributed by atoms with Crippen molar-refractivity contribution in [2.75, 3.05) is 18.4 Å². The van der Waals surface area contributed by atoms with Gasteiger partial charge in [0.2, 0.25) is 5.91 Å². The third-order valence-corrected chi connectivity index (χ3v) is 3.90. The zero-order chi connectivity index (χ0) is 15.8. The fraction of sp³-hybridized carbons (Fsp3) is 0.250. The molecule has 1 heterocycles. The van der Waals surface area contributed by atoms with Gasteiger partial charge >= 0.3 is 6.03 Å². The predicted octanol–water partition coefficient (Wildman–Crippen LogP) is 2.54. The molecule has 0 aliphatic carbocycles. The van der Waals surface area contributed by atoms with E-state index in [-0.39, 0.29) is 12.5 Å². The summed E-state index contributed by atoms with van der Waals surface area (Å²) in [5.74, 6) is -0.366. The average molecular weight is 317 g/mol. The Hall–Kier alpha value is -2.34. The van der Waals surface area contributed by atoms with Gasteiger partial charge in [0.15, 0.2) is 0 Å². The molecule has 5 nitrogen and oxygen atoms in total. The first kappa shape index (κ1) is 16.0. The van der Waals surface area contributed by atoms with E-state index in [0.717, 1.165) is 17.7 Å². The molecule has 3 N–H and O–H groups in total. The van der Waals surface area contributed by atoms with Crippen LogP contribution in [0.15, 0.2) is 41.8 Å². The Morgan fingerprint density at radius 3 is 2.77 bits per heavy atom. The highest BCUT2D eigenvalue weighted by Crippen LogP contribution is 2.09. The second-order valence-electron chi connectivity index (χ2n) is 4.86. The molecule has 1 aromatic heterocycles. The highest BCUT2D eigenvalue weighted by Gasteiger charge is 2.07. The molecule has 1 aromatic carbocycles. The van der Waals surface area contributed by atoms with Crippen molar-refractivity contribution in [2.24, 2.45) is 0 Å². The Bertz CT molecular complexity index is 626. The quantitative estimate of drug-likeness (QED) is 0.767. The molecule has 0 bridgehead atoms. The van der Waals surface area contributed by atoms with Crippen LogP contribution in [0.2, 0.25) is 0 Å². The van der Waals surface area contributed by atoms with Gasteiger partial charge in [-0.2, -0.15) is 0 Å². The van der Waals surface area contributed by atoms with E-state index in [4.69, 9.17) is 0 Å². The number of benzene rings is 1. The van der Waals surface area contributed by atoms with E-state index in [2.05, 4.69) is 16.0 Å². The van der Waals surface area contributed by atoms with Crippen LogP contribution < -0.4 is 16.0 Å². The Morgan fingerprint density at radius 2 is 2.05 bits per heavy atom. The molecular weight excluding hydrogens is 298 g/mol. The monoisotopic (exact) mass is 317 g/mol. The number of anilines is 1. The smallest absolute Gasteiger partial charge is 0.321 e. The van der Waals surface area contributed by atoms with E-state index in [1.807, 2.05) is 48.7 Å². The number of imide groups is 1. The number of carbonyl (C=O) groups is 2. The van der Waals surface area contributed by atoms with Gasteiger partial charge < -0.3 is 10.6 Å². The molecule has 2 rings (SSSR count). The molecule has 0 aliphatic rings. The van der Waals surface area contributed by atoms with Gasteiger partial charge in [0.1, 0.15) is 0 Å². The fourth-order valence-corrected chi connectivity index (χ4v) is 2.62. The number of aryl methyl sites for hydroxylation is 1. The first-order valence-electron chi connectivity index (χ1n) is 7.04. The van der Waals surface area contributed by atoms with Crippen molar-refractivity contribution in [2.45, 2.75) is 13.3 Å². The van der Waals surface area contributed by atoms with Crippen LogP contribution in [0, 0.1) is 6.92 Å². The fourth-order valence-electron chi connectivity index (χ4n) is 1.91. The summed E-state index contributed by atoms with van der Waals surface area (Å²) in [6, 6.07) is 11.2. The SMILES string of the molecule is Cc1cccc(NCC(=O)NC(=O)NCCc2cccs2)c1. The summed E-state index contributed by atoms with van der Waals surface area (Å²) in [5.41, 5.74) is 1.96. The van der Waals surface area contributed by atoms with E-state index in [1.54, 1.807) is 11.3 Å². The van der Waals surface area contributed by atoms with Gasteiger partial charge in [-0.3, -0.25) is 10.1 Å². The molecule has 3 amide bonds. The topological polar surface area (TPSA) is 70.2 Å². The number of thiophene rings is 1. The lowest BCUT2D eigenvalue weighted by atomic mass is 10.2. The zero-order valence-electron chi connectivity index (χ0n) is 12.4. The lowest BCUT2D eigenvalue weighted by Crippen LogP contribution is -2.42. The number of rotatable bonds is 6. The van der Waals surface area contributed by atoms with Gasteiger partial charge in [0.05, 0.1) is 6.54 Å². The van der Waals surface area contributed by atoms with Crippen LogP contribution in [-0.4, -0.2) is 25.0 Å². The second kappa shape index (κ2) is 8.19. The highest BCUT2D eigenvalue weighted by atomic mass is 32.1. The Morgan fingerprint density at radius 1 is 1.18 bits per heavy atom. The first-order valence-corrected chi connectivity index (χ1v) is 7.92. The van der Waals surface area contributed by atoms with Gasteiger partial charge in [0.25, 0.3) is 0 Å². The van der Waals surface area contributed by atoms with Crippen LogP contribution in [-0.2, 0) is 11.2 Å². The van der Waals surface area contributed by atoms with Gasteiger partial charge in [-0.15, -0.1) is 11.3 Å². The van der Waals surface area contributed by atoms with Gasteiger partial charge in [-0.25, -0.2) is 4.79 Å². The van der Waals surface area contributed by atoms with E-state index < -0.39 is 6.03 Å². The highest BCUT2D eigenvalue weighted by molar-refractivity contribution is 7.09. The summed E-state index contributed by atoms with van der Waals surface area (Å²) in [7, 11) is 0. The van der Waals surface area contributed by atoms with Crippen molar-refractivity contribution in [3.05, 3.63) is 52.2 Å². The lowest BCUT2D eigenvalue weighted by molar-refractivity contribution is -0.118.